The predicted octanol–water partition coefficient (Wildman–Crippen LogP) is 3.06. The van der Waals surface area contributed by atoms with Crippen LogP contribution in [0.15, 0.2) is 59.7 Å². The Hall–Kier alpha value is -1.76. The number of fused-ring (bicyclic) bond motifs is 5. The normalized spacial score (nSPS) is 19.7. The highest BCUT2D eigenvalue weighted by molar-refractivity contribution is 5.71. The monoisotopic (exact) mass is 179 g/mol. The molecule has 1 heteroatoms. The maximum atomic E-state index is 2.41. The Kier molecular flexibility index (Phi) is 0.954. The number of rotatable bonds is 1. The SMILES string of the molecule is C1=CC2=CC=C1C2n1c2ccc1cc2. The van der Waals surface area contributed by atoms with Gasteiger partial charge in [-0.1, -0.05) is 24.3 Å². The Morgan fingerprint density at radius 2 is 1.29 bits per heavy atom. The van der Waals surface area contributed by atoms with Crippen molar-refractivity contribution in [1.82, 2.24) is 4.57 Å². The molecule has 1 nitrogen and oxygen atoms in total. The van der Waals surface area contributed by atoms with Crippen LogP contribution in [0.25, 0.3) is 11.0 Å². The summed E-state index contributed by atoms with van der Waals surface area (Å²) >= 11 is 0. The van der Waals surface area contributed by atoms with Crippen molar-refractivity contribution in [3.05, 3.63) is 59.7 Å². The molecule has 4 rings (SSSR count). The van der Waals surface area contributed by atoms with E-state index in [9.17, 15) is 0 Å². The summed E-state index contributed by atoms with van der Waals surface area (Å²) in [5, 5.41) is 0. The Balaban J connectivity index is 2.00. The van der Waals surface area contributed by atoms with Crippen LogP contribution >= 0.6 is 0 Å². The molecule has 2 aromatic heterocycles. The standard InChI is InChI=1S/C13H9N/c1-2-10-4-3-9(1)13(10)14-11-5-6-12(14)8-7-11/h1-8,13H. The first-order valence-corrected chi connectivity index (χ1v) is 4.93. The largest absolute Gasteiger partial charge is 0.330 e. The average Bonchev–Trinajstić information content (AvgIpc) is 2.92. The molecule has 0 aliphatic heterocycles. The zero-order valence-corrected chi connectivity index (χ0v) is 7.64. The molecule has 0 spiro atoms. The summed E-state index contributed by atoms with van der Waals surface area (Å²) in [7, 11) is 0. The molecule has 0 amide bonds. The lowest BCUT2D eigenvalue weighted by Gasteiger charge is -2.14. The molecule has 0 saturated carbocycles. The van der Waals surface area contributed by atoms with E-state index in [0.717, 1.165) is 0 Å². The molecule has 0 N–H and O–H groups in total. The third kappa shape index (κ3) is 0.598. The fourth-order valence-corrected chi connectivity index (χ4v) is 2.57. The van der Waals surface area contributed by atoms with E-state index in [0.29, 0.717) is 6.04 Å². The van der Waals surface area contributed by atoms with Gasteiger partial charge in [0.25, 0.3) is 0 Å². The highest BCUT2D eigenvalue weighted by Crippen LogP contribution is 2.41. The Bertz CT molecular complexity index is 525. The first kappa shape index (κ1) is 6.66. The van der Waals surface area contributed by atoms with Crippen molar-refractivity contribution >= 4 is 11.0 Å². The van der Waals surface area contributed by atoms with Crippen LogP contribution in [0.4, 0.5) is 0 Å². The predicted molar refractivity (Wildman–Crippen MR) is 57.5 cm³/mol. The molecule has 0 saturated heterocycles. The van der Waals surface area contributed by atoms with Gasteiger partial charge in [-0.2, -0.15) is 0 Å². The molecule has 2 heterocycles. The summed E-state index contributed by atoms with van der Waals surface area (Å²) in [4.78, 5) is 0. The number of aromatic nitrogens is 1. The molecule has 0 atom stereocenters. The van der Waals surface area contributed by atoms with Crippen LogP contribution in [0.2, 0.25) is 0 Å². The van der Waals surface area contributed by atoms with Gasteiger partial charge in [-0.15, -0.1) is 0 Å². The van der Waals surface area contributed by atoms with Crippen molar-refractivity contribution < 1.29 is 0 Å². The molecule has 14 heavy (non-hydrogen) atoms. The van der Waals surface area contributed by atoms with Crippen molar-refractivity contribution in [1.29, 1.82) is 0 Å². The molecule has 0 aromatic carbocycles. The molecule has 66 valence electrons. The molecule has 0 radical (unpaired) electrons. The van der Waals surface area contributed by atoms with Crippen LogP contribution in [0.1, 0.15) is 6.04 Å². The molecule has 0 fully saturated rings. The molecular formula is C13H9N. The van der Waals surface area contributed by atoms with Crippen molar-refractivity contribution in [2.75, 3.05) is 0 Å². The van der Waals surface area contributed by atoms with E-state index in [1.807, 2.05) is 0 Å². The molecule has 2 aliphatic rings. The lowest BCUT2D eigenvalue weighted by molar-refractivity contribution is 0.756. The van der Waals surface area contributed by atoms with E-state index in [1.165, 1.54) is 22.2 Å². The van der Waals surface area contributed by atoms with Crippen LogP contribution in [0.3, 0.4) is 0 Å². The highest BCUT2D eigenvalue weighted by Gasteiger charge is 2.27. The fourth-order valence-electron chi connectivity index (χ4n) is 2.57. The van der Waals surface area contributed by atoms with Gasteiger partial charge in [-0.3, -0.25) is 0 Å². The summed E-state index contributed by atoms with van der Waals surface area (Å²) in [5.74, 6) is 0. The summed E-state index contributed by atoms with van der Waals surface area (Å²) in [6.45, 7) is 0. The topological polar surface area (TPSA) is 4.93 Å². The van der Waals surface area contributed by atoms with Gasteiger partial charge in [0.05, 0.1) is 6.04 Å². The molecule has 0 unspecified atom stereocenters. The van der Waals surface area contributed by atoms with E-state index in [2.05, 4.69) is 53.1 Å². The highest BCUT2D eigenvalue weighted by atomic mass is 15.0. The second kappa shape index (κ2) is 2.01. The molecule has 2 aliphatic carbocycles. The third-order valence-corrected chi connectivity index (χ3v) is 3.23. The van der Waals surface area contributed by atoms with Crippen LogP contribution in [0, 0.1) is 0 Å². The van der Waals surface area contributed by atoms with Gasteiger partial charge in [0, 0.05) is 11.0 Å². The van der Waals surface area contributed by atoms with E-state index in [4.69, 9.17) is 0 Å². The second-order valence-corrected chi connectivity index (χ2v) is 3.96. The van der Waals surface area contributed by atoms with Crippen LogP contribution in [-0.2, 0) is 0 Å². The minimum Gasteiger partial charge on any atom is -0.330 e. The number of hydrogen-bond acceptors (Lipinski definition) is 0. The first-order chi connectivity index (χ1) is 6.93. The minimum absolute atomic E-state index is 0.463. The van der Waals surface area contributed by atoms with Gasteiger partial charge < -0.3 is 4.57 Å². The van der Waals surface area contributed by atoms with Crippen LogP contribution < -0.4 is 0 Å². The van der Waals surface area contributed by atoms with E-state index < -0.39 is 0 Å². The Labute approximate surface area is 82.0 Å². The van der Waals surface area contributed by atoms with E-state index in [1.54, 1.807) is 0 Å². The second-order valence-electron chi connectivity index (χ2n) is 3.96. The van der Waals surface area contributed by atoms with Crippen molar-refractivity contribution in [2.24, 2.45) is 0 Å². The van der Waals surface area contributed by atoms with Gasteiger partial charge >= 0.3 is 0 Å². The third-order valence-electron chi connectivity index (χ3n) is 3.23. The Morgan fingerprint density at radius 3 is 1.71 bits per heavy atom. The van der Waals surface area contributed by atoms with Crippen LogP contribution in [0.5, 0.6) is 0 Å². The van der Waals surface area contributed by atoms with Gasteiger partial charge in [0.2, 0.25) is 0 Å². The van der Waals surface area contributed by atoms with Gasteiger partial charge in [-0.25, -0.2) is 0 Å². The summed E-state index contributed by atoms with van der Waals surface area (Å²) in [6.07, 6.45) is 8.88. The number of nitrogens with zero attached hydrogens (tertiary/aromatic N) is 1. The number of hydrogen-bond donors (Lipinski definition) is 0. The smallest absolute Gasteiger partial charge is 0.0844 e. The van der Waals surface area contributed by atoms with E-state index in [-0.39, 0.29) is 0 Å². The van der Waals surface area contributed by atoms with Crippen molar-refractivity contribution in [2.45, 2.75) is 6.04 Å². The molecule has 4 bridgehead atoms. The van der Waals surface area contributed by atoms with Gasteiger partial charge in [-0.05, 0) is 35.4 Å². The fraction of sp³-hybridized carbons (Fsp3) is 0.0769. The maximum Gasteiger partial charge on any atom is 0.0844 e. The maximum absolute atomic E-state index is 2.41. The lowest BCUT2D eigenvalue weighted by Crippen LogP contribution is -2.04. The minimum atomic E-state index is 0.463. The van der Waals surface area contributed by atoms with Crippen molar-refractivity contribution in [3.8, 4) is 0 Å². The summed E-state index contributed by atoms with van der Waals surface area (Å²) in [6, 6.07) is 9.22. The van der Waals surface area contributed by atoms with Gasteiger partial charge in [0.1, 0.15) is 0 Å². The van der Waals surface area contributed by atoms with Crippen molar-refractivity contribution in [3.63, 3.8) is 0 Å². The summed E-state index contributed by atoms with van der Waals surface area (Å²) < 4.78 is 2.41. The zero-order valence-electron chi connectivity index (χ0n) is 7.64. The van der Waals surface area contributed by atoms with Gasteiger partial charge in [0.15, 0.2) is 0 Å². The Morgan fingerprint density at radius 1 is 0.786 bits per heavy atom. The van der Waals surface area contributed by atoms with E-state index >= 15 is 0 Å². The first-order valence-electron chi connectivity index (χ1n) is 4.93. The van der Waals surface area contributed by atoms with Crippen LogP contribution in [-0.4, -0.2) is 4.57 Å². The molecular weight excluding hydrogens is 170 g/mol. The zero-order chi connectivity index (χ0) is 9.12. The average molecular weight is 179 g/mol. The summed E-state index contributed by atoms with van der Waals surface area (Å²) in [5.41, 5.74) is 5.49. The number of benzene rings is 1. The lowest BCUT2D eigenvalue weighted by atomic mass is 10.1. The quantitative estimate of drug-likeness (QED) is 0.634. The number of allylic oxidation sites excluding steroid dienone is 6. The molecule has 2 aromatic rings.